The van der Waals surface area contributed by atoms with Crippen LogP contribution in [-0.2, 0) is 10.2 Å². The summed E-state index contributed by atoms with van der Waals surface area (Å²) in [4.78, 5) is 0. The minimum atomic E-state index is -0.460. The third kappa shape index (κ3) is 1.72. The van der Waals surface area contributed by atoms with Crippen molar-refractivity contribution in [2.24, 2.45) is 5.73 Å². The van der Waals surface area contributed by atoms with Crippen LogP contribution in [0.25, 0.3) is 0 Å². The van der Waals surface area contributed by atoms with E-state index in [0.29, 0.717) is 13.2 Å². The number of aliphatic hydroxyl groups is 1. The molecule has 5 heteroatoms. The lowest BCUT2D eigenvalue weighted by Gasteiger charge is -2.45. The topological polar surface area (TPSA) is 55.5 Å². The van der Waals surface area contributed by atoms with Gasteiger partial charge in [0.15, 0.2) is 0 Å². The van der Waals surface area contributed by atoms with Gasteiger partial charge in [0.2, 0.25) is 0 Å². The molecule has 0 aromatic heterocycles. The van der Waals surface area contributed by atoms with Gasteiger partial charge < -0.3 is 15.6 Å². The fourth-order valence-electron chi connectivity index (χ4n) is 1.90. The van der Waals surface area contributed by atoms with Gasteiger partial charge in [0, 0.05) is 6.04 Å². The lowest BCUT2D eigenvalue weighted by Crippen LogP contribution is -2.60. The molecule has 1 aromatic carbocycles. The summed E-state index contributed by atoms with van der Waals surface area (Å²) in [6.45, 7) is 0.714. The zero-order chi connectivity index (χ0) is 11.8. The van der Waals surface area contributed by atoms with Gasteiger partial charge in [-0.05, 0) is 17.7 Å². The molecular weight excluding hydrogens is 233 g/mol. The summed E-state index contributed by atoms with van der Waals surface area (Å²) in [5.74, 6) is -0.460. The second kappa shape index (κ2) is 4.30. The molecule has 1 aliphatic heterocycles. The minimum Gasteiger partial charge on any atom is -0.395 e. The van der Waals surface area contributed by atoms with Gasteiger partial charge in [0.05, 0.1) is 30.3 Å². The largest absolute Gasteiger partial charge is 0.395 e. The minimum absolute atomic E-state index is 0.0638. The number of halogens is 2. The quantitative estimate of drug-likeness (QED) is 0.838. The van der Waals surface area contributed by atoms with Gasteiger partial charge in [-0.25, -0.2) is 4.39 Å². The standard InChI is InChI=1S/C11H13ClFNO2/c12-8-3-7(1-2-9(8)13)11(5-16-6-11)10(14)4-15/h1-3,10,15H,4-6,14H2. The molecule has 1 fully saturated rings. The Morgan fingerprint density at radius 2 is 2.25 bits per heavy atom. The Balaban J connectivity index is 2.37. The number of hydrogen-bond acceptors (Lipinski definition) is 3. The highest BCUT2D eigenvalue weighted by Crippen LogP contribution is 2.36. The van der Waals surface area contributed by atoms with Crippen molar-refractivity contribution in [2.75, 3.05) is 19.8 Å². The van der Waals surface area contributed by atoms with Crippen molar-refractivity contribution in [1.29, 1.82) is 0 Å². The number of nitrogens with two attached hydrogens (primary N) is 1. The van der Waals surface area contributed by atoms with E-state index in [1.54, 1.807) is 12.1 Å². The highest BCUT2D eigenvalue weighted by molar-refractivity contribution is 6.30. The molecule has 1 unspecified atom stereocenters. The maximum absolute atomic E-state index is 13.0. The molecule has 16 heavy (non-hydrogen) atoms. The maximum Gasteiger partial charge on any atom is 0.141 e. The summed E-state index contributed by atoms with van der Waals surface area (Å²) in [6.07, 6.45) is 0. The van der Waals surface area contributed by atoms with Crippen LogP contribution in [0.1, 0.15) is 5.56 Å². The Hall–Kier alpha value is -0.680. The predicted molar refractivity (Wildman–Crippen MR) is 59.0 cm³/mol. The van der Waals surface area contributed by atoms with Crippen LogP contribution in [0.2, 0.25) is 5.02 Å². The first-order valence-corrected chi connectivity index (χ1v) is 5.37. The van der Waals surface area contributed by atoms with Crippen molar-refractivity contribution < 1.29 is 14.2 Å². The van der Waals surface area contributed by atoms with E-state index in [4.69, 9.17) is 27.2 Å². The summed E-state index contributed by atoms with van der Waals surface area (Å²) in [5.41, 5.74) is 6.24. The van der Waals surface area contributed by atoms with E-state index in [-0.39, 0.29) is 11.6 Å². The first-order valence-electron chi connectivity index (χ1n) is 5.00. The monoisotopic (exact) mass is 245 g/mol. The molecule has 1 aliphatic rings. The zero-order valence-electron chi connectivity index (χ0n) is 8.62. The molecule has 0 spiro atoms. The highest BCUT2D eigenvalue weighted by Gasteiger charge is 2.45. The molecule has 88 valence electrons. The van der Waals surface area contributed by atoms with Gasteiger partial charge in [-0.3, -0.25) is 0 Å². The van der Waals surface area contributed by atoms with Gasteiger partial charge in [-0.2, -0.15) is 0 Å². The molecule has 3 N–H and O–H groups in total. The molecule has 2 rings (SSSR count). The summed E-state index contributed by atoms with van der Waals surface area (Å²) in [7, 11) is 0. The molecule has 0 bridgehead atoms. The highest BCUT2D eigenvalue weighted by atomic mass is 35.5. The summed E-state index contributed by atoms with van der Waals surface area (Å²) < 4.78 is 18.2. The second-order valence-corrected chi connectivity index (χ2v) is 4.47. The van der Waals surface area contributed by atoms with Crippen LogP contribution < -0.4 is 5.73 Å². The van der Waals surface area contributed by atoms with Crippen molar-refractivity contribution in [3.05, 3.63) is 34.6 Å². The van der Waals surface area contributed by atoms with E-state index in [2.05, 4.69) is 0 Å². The van der Waals surface area contributed by atoms with Gasteiger partial charge in [0.1, 0.15) is 5.82 Å². The number of ether oxygens (including phenoxy) is 1. The smallest absolute Gasteiger partial charge is 0.141 e. The van der Waals surface area contributed by atoms with E-state index < -0.39 is 17.3 Å². The first-order chi connectivity index (χ1) is 7.60. The van der Waals surface area contributed by atoms with E-state index in [0.717, 1.165) is 5.56 Å². The van der Waals surface area contributed by atoms with Gasteiger partial charge in [0.25, 0.3) is 0 Å². The van der Waals surface area contributed by atoms with Crippen molar-refractivity contribution in [1.82, 2.24) is 0 Å². The lowest BCUT2D eigenvalue weighted by atomic mass is 9.73. The van der Waals surface area contributed by atoms with Crippen molar-refractivity contribution in [2.45, 2.75) is 11.5 Å². The predicted octanol–water partition coefficient (Wildman–Crippen LogP) is 1.07. The third-order valence-electron chi connectivity index (χ3n) is 3.12. The van der Waals surface area contributed by atoms with Crippen LogP contribution in [0.5, 0.6) is 0 Å². The Morgan fingerprint density at radius 1 is 1.56 bits per heavy atom. The zero-order valence-corrected chi connectivity index (χ0v) is 9.38. The number of aliphatic hydroxyl groups excluding tert-OH is 1. The van der Waals surface area contributed by atoms with E-state index in [9.17, 15) is 4.39 Å². The van der Waals surface area contributed by atoms with Gasteiger partial charge >= 0.3 is 0 Å². The second-order valence-electron chi connectivity index (χ2n) is 4.07. The van der Waals surface area contributed by atoms with Crippen LogP contribution in [-0.4, -0.2) is 31.0 Å². The van der Waals surface area contributed by atoms with Crippen LogP contribution in [0.15, 0.2) is 18.2 Å². The average Bonchev–Trinajstić information content (AvgIpc) is 2.21. The van der Waals surface area contributed by atoms with Crippen molar-refractivity contribution in [3.8, 4) is 0 Å². The fraction of sp³-hybridized carbons (Fsp3) is 0.455. The van der Waals surface area contributed by atoms with Crippen molar-refractivity contribution in [3.63, 3.8) is 0 Å². The van der Waals surface area contributed by atoms with Crippen LogP contribution in [0.4, 0.5) is 4.39 Å². The number of benzene rings is 1. The number of rotatable bonds is 3. The molecule has 1 atom stereocenters. The van der Waals surface area contributed by atoms with Crippen LogP contribution in [0.3, 0.4) is 0 Å². The average molecular weight is 246 g/mol. The third-order valence-corrected chi connectivity index (χ3v) is 3.41. The SMILES string of the molecule is NC(CO)C1(c2ccc(F)c(Cl)c2)COC1. The van der Waals surface area contributed by atoms with E-state index in [1.165, 1.54) is 6.07 Å². The van der Waals surface area contributed by atoms with Gasteiger partial charge in [-0.15, -0.1) is 0 Å². The Bertz CT molecular complexity index is 396. The normalized spacial score (nSPS) is 20.2. The molecule has 0 saturated carbocycles. The van der Waals surface area contributed by atoms with Crippen LogP contribution >= 0.6 is 11.6 Å². The summed E-state index contributed by atoms with van der Waals surface area (Å²) in [5, 5.41) is 9.20. The van der Waals surface area contributed by atoms with E-state index >= 15 is 0 Å². The Morgan fingerprint density at radius 3 is 2.69 bits per heavy atom. The molecule has 1 saturated heterocycles. The molecule has 0 amide bonds. The molecule has 3 nitrogen and oxygen atoms in total. The fourth-order valence-corrected chi connectivity index (χ4v) is 2.08. The van der Waals surface area contributed by atoms with Gasteiger partial charge in [-0.1, -0.05) is 17.7 Å². The maximum atomic E-state index is 13.0. The Kier molecular flexibility index (Phi) is 3.17. The number of hydrogen-bond donors (Lipinski definition) is 2. The molecular formula is C11H13ClFNO2. The molecule has 1 heterocycles. The Labute approximate surface area is 98.0 Å². The van der Waals surface area contributed by atoms with Crippen LogP contribution in [0, 0.1) is 5.82 Å². The van der Waals surface area contributed by atoms with E-state index in [1.807, 2.05) is 0 Å². The molecule has 1 aromatic rings. The summed E-state index contributed by atoms with van der Waals surface area (Å²) >= 11 is 5.73. The van der Waals surface area contributed by atoms with Crippen molar-refractivity contribution >= 4 is 11.6 Å². The molecule has 0 radical (unpaired) electrons. The first kappa shape index (κ1) is 11.8. The summed E-state index contributed by atoms with van der Waals surface area (Å²) in [6, 6.07) is 4.07. The lowest BCUT2D eigenvalue weighted by molar-refractivity contribution is -0.0798. The molecule has 0 aliphatic carbocycles.